The Labute approximate surface area is 83.0 Å². The first-order valence-corrected chi connectivity index (χ1v) is 4.77. The van der Waals surface area contributed by atoms with Gasteiger partial charge in [0.15, 0.2) is 0 Å². The summed E-state index contributed by atoms with van der Waals surface area (Å²) in [5, 5.41) is 3.31. The fourth-order valence-electron chi connectivity index (χ4n) is 1.40. The second kappa shape index (κ2) is 4.25. The summed E-state index contributed by atoms with van der Waals surface area (Å²) in [5.74, 6) is 0. The molecule has 0 aromatic heterocycles. The van der Waals surface area contributed by atoms with Crippen molar-refractivity contribution in [2.75, 3.05) is 21.1 Å². The molecule has 0 saturated carbocycles. The predicted molar refractivity (Wildman–Crippen MR) is 60.0 cm³/mol. The average Bonchev–Trinajstić information content (AvgIpc) is 2.03. The van der Waals surface area contributed by atoms with Gasteiger partial charge in [-0.15, -0.1) is 6.58 Å². The van der Waals surface area contributed by atoms with Gasteiger partial charge >= 0.3 is 0 Å². The Balaban J connectivity index is 4.53. The van der Waals surface area contributed by atoms with Crippen LogP contribution < -0.4 is 5.32 Å². The maximum atomic E-state index is 3.90. The minimum atomic E-state index is 0.0620. The summed E-state index contributed by atoms with van der Waals surface area (Å²) in [5.41, 5.74) is 0.208. The summed E-state index contributed by atoms with van der Waals surface area (Å²) in [4.78, 5) is 2.21. The lowest BCUT2D eigenvalue weighted by Gasteiger charge is -2.40. The minimum absolute atomic E-state index is 0.0620. The predicted octanol–water partition coefficient (Wildman–Crippen LogP) is 1.88. The normalized spacial score (nSPS) is 17.2. The molecule has 0 aromatic rings. The van der Waals surface area contributed by atoms with Gasteiger partial charge < -0.3 is 10.2 Å². The van der Waals surface area contributed by atoms with Crippen LogP contribution in [0.2, 0.25) is 0 Å². The fourth-order valence-corrected chi connectivity index (χ4v) is 1.40. The largest absolute Gasteiger partial charge is 0.315 e. The van der Waals surface area contributed by atoms with Crippen molar-refractivity contribution in [1.29, 1.82) is 0 Å². The fraction of sp³-hybridized carbons (Fsp3) is 0.818. The zero-order valence-electron chi connectivity index (χ0n) is 9.94. The van der Waals surface area contributed by atoms with E-state index < -0.39 is 0 Å². The van der Waals surface area contributed by atoms with Crippen LogP contribution in [0.15, 0.2) is 12.7 Å². The van der Waals surface area contributed by atoms with Crippen LogP contribution in [0, 0.1) is 0 Å². The highest BCUT2D eigenvalue weighted by Crippen LogP contribution is 2.24. The zero-order valence-corrected chi connectivity index (χ0v) is 9.94. The molecule has 2 heteroatoms. The summed E-state index contributed by atoms with van der Waals surface area (Å²) >= 11 is 0. The summed E-state index contributed by atoms with van der Waals surface area (Å²) in [7, 11) is 6.18. The maximum absolute atomic E-state index is 3.90. The van der Waals surface area contributed by atoms with Crippen molar-refractivity contribution in [2.24, 2.45) is 0 Å². The zero-order chi connectivity index (χ0) is 10.7. The molecule has 0 heterocycles. The Morgan fingerprint density at radius 3 is 2.00 bits per heavy atom. The molecule has 0 saturated heterocycles. The molecule has 2 nitrogen and oxygen atoms in total. The van der Waals surface area contributed by atoms with Crippen molar-refractivity contribution in [3.63, 3.8) is 0 Å². The minimum Gasteiger partial charge on any atom is -0.315 e. The second-order valence-corrected chi connectivity index (χ2v) is 4.77. The molecule has 1 atom stereocenters. The third-order valence-corrected chi connectivity index (χ3v) is 2.94. The lowest BCUT2D eigenvalue weighted by Crippen LogP contribution is -2.49. The lowest BCUT2D eigenvalue weighted by molar-refractivity contribution is 0.170. The molecule has 0 aliphatic carbocycles. The van der Waals surface area contributed by atoms with Gasteiger partial charge in [0, 0.05) is 11.1 Å². The van der Waals surface area contributed by atoms with Gasteiger partial charge in [0.2, 0.25) is 0 Å². The first kappa shape index (κ1) is 12.7. The van der Waals surface area contributed by atoms with Crippen LogP contribution in [0.3, 0.4) is 0 Å². The molecule has 0 rings (SSSR count). The molecule has 0 amide bonds. The van der Waals surface area contributed by atoms with Crippen LogP contribution in [0.5, 0.6) is 0 Å². The smallest absolute Gasteiger partial charge is 0.0371 e. The average molecular weight is 184 g/mol. The van der Waals surface area contributed by atoms with E-state index >= 15 is 0 Å². The Hall–Kier alpha value is -0.340. The summed E-state index contributed by atoms with van der Waals surface area (Å²) in [6.07, 6.45) is 3.07. The van der Waals surface area contributed by atoms with E-state index in [0.717, 1.165) is 6.42 Å². The highest BCUT2D eigenvalue weighted by Gasteiger charge is 2.30. The van der Waals surface area contributed by atoms with Crippen molar-refractivity contribution in [3.05, 3.63) is 12.7 Å². The molecule has 0 aliphatic rings. The molecule has 0 spiro atoms. The van der Waals surface area contributed by atoms with Crippen molar-refractivity contribution in [1.82, 2.24) is 10.2 Å². The van der Waals surface area contributed by atoms with E-state index in [1.54, 1.807) is 0 Å². The molecule has 0 radical (unpaired) electrons. The van der Waals surface area contributed by atoms with E-state index in [9.17, 15) is 0 Å². The SMILES string of the molecule is C=CC(C)(CC(C)(C)NC)N(C)C. The van der Waals surface area contributed by atoms with E-state index in [-0.39, 0.29) is 11.1 Å². The van der Waals surface area contributed by atoms with Crippen molar-refractivity contribution < 1.29 is 0 Å². The summed E-state index contributed by atoms with van der Waals surface area (Å²) in [6, 6.07) is 0. The number of likely N-dealkylation sites (N-methyl/N-ethyl adjacent to an activating group) is 1. The van der Waals surface area contributed by atoms with Gasteiger partial charge in [-0.1, -0.05) is 6.08 Å². The second-order valence-electron chi connectivity index (χ2n) is 4.77. The molecular weight excluding hydrogens is 160 g/mol. The molecule has 0 aliphatic heterocycles. The molecular formula is C11H24N2. The molecule has 13 heavy (non-hydrogen) atoms. The summed E-state index contributed by atoms with van der Waals surface area (Å²) < 4.78 is 0. The van der Waals surface area contributed by atoms with Crippen LogP contribution >= 0.6 is 0 Å². The van der Waals surface area contributed by atoms with Crippen LogP contribution in [0.1, 0.15) is 27.2 Å². The molecule has 0 fully saturated rings. The van der Waals surface area contributed by atoms with Gasteiger partial charge in [-0.05, 0) is 48.3 Å². The molecule has 1 N–H and O–H groups in total. The van der Waals surface area contributed by atoms with Crippen molar-refractivity contribution in [3.8, 4) is 0 Å². The summed E-state index contributed by atoms with van der Waals surface area (Å²) in [6.45, 7) is 10.5. The molecule has 0 bridgehead atoms. The van der Waals surface area contributed by atoms with Crippen LogP contribution in [-0.2, 0) is 0 Å². The number of nitrogens with one attached hydrogen (secondary N) is 1. The van der Waals surface area contributed by atoms with Gasteiger partial charge in [-0.25, -0.2) is 0 Å². The topological polar surface area (TPSA) is 15.3 Å². The van der Waals surface area contributed by atoms with Gasteiger partial charge in [0.1, 0.15) is 0 Å². The van der Waals surface area contributed by atoms with Crippen LogP contribution in [0.4, 0.5) is 0 Å². The van der Waals surface area contributed by atoms with Crippen molar-refractivity contribution in [2.45, 2.75) is 38.3 Å². The Kier molecular flexibility index (Phi) is 4.14. The van der Waals surface area contributed by atoms with Gasteiger partial charge in [-0.3, -0.25) is 0 Å². The Morgan fingerprint density at radius 2 is 1.77 bits per heavy atom. The standard InChI is InChI=1S/C11H24N2/c1-8-11(4,13(6)7)9-10(2,3)12-5/h8,12H,1,9H2,2-7H3. The highest BCUT2D eigenvalue weighted by atomic mass is 15.1. The first-order chi connectivity index (χ1) is 5.77. The van der Waals surface area contributed by atoms with Gasteiger partial charge in [0.25, 0.3) is 0 Å². The lowest BCUT2D eigenvalue weighted by atomic mass is 9.85. The van der Waals surface area contributed by atoms with E-state index in [4.69, 9.17) is 0 Å². The van der Waals surface area contributed by atoms with E-state index in [1.807, 2.05) is 13.1 Å². The van der Waals surface area contributed by atoms with Gasteiger partial charge in [-0.2, -0.15) is 0 Å². The molecule has 0 aromatic carbocycles. The number of rotatable bonds is 5. The van der Waals surface area contributed by atoms with Crippen LogP contribution in [0.25, 0.3) is 0 Å². The Bertz CT molecular complexity index is 173. The monoisotopic (exact) mass is 184 g/mol. The first-order valence-electron chi connectivity index (χ1n) is 4.77. The van der Waals surface area contributed by atoms with Crippen molar-refractivity contribution >= 4 is 0 Å². The quantitative estimate of drug-likeness (QED) is 0.656. The Morgan fingerprint density at radius 1 is 1.31 bits per heavy atom. The van der Waals surface area contributed by atoms with E-state index in [0.29, 0.717) is 0 Å². The van der Waals surface area contributed by atoms with E-state index in [2.05, 4.69) is 51.7 Å². The highest BCUT2D eigenvalue weighted by molar-refractivity contribution is 5.03. The van der Waals surface area contributed by atoms with Crippen LogP contribution in [-0.4, -0.2) is 37.1 Å². The van der Waals surface area contributed by atoms with E-state index in [1.165, 1.54) is 0 Å². The third-order valence-electron chi connectivity index (χ3n) is 2.94. The van der Waals surface area contributed by atoms with Gasteiger partial charge in [0.05, 0.1) is 0 Å². The number of hydrogen-bond donors (Lipinski definition) is 1. The number of nitrogens with zero attached hydrogens (tertiary/aromatic N) is 1. The number of hydrogen-bond acceptors (Lipinski definition) is 2. The molecule has 78 valence electrons. The maximum Gasteiger partial charge on any atom is 0.0371 e. The molecule has 1 unspecified atom stereocenters. The third kappa shape index (κ3) is 3.49.